The van der Waals surface area contributed by atoms with Crippen LogP contribution in [0.25, 0.3) is 11.4 Å². The van der Waals surface area contributed by atoms with Crippen molar-refractivity contribution in [1.82, 2.24) is 19.7 Å². The van der Waals surface area contributed by atoms with Crippen molar-refractivity contribution in [2.75, 3.05) is 5.32 Å². The number of aromatic nitrogens is 4. The van der Waals surface area contributed by atoms with Crippen LogP contribution in [-0.2, 0) is 11.8 Å². The maximum Gasteiger partial charge on any atom is 0.237 e. The topological polar surface area (TPSA) is 72.7 Å². The summed E-state index contributed by atoms with van der Waals surface area (Å²) in [5.41, 5.74) is 1.05. The highest BCUT2D eigenvalue weighted by Gasteiger charge is 2.20. The van der Waals surface area contributed by atoms with Crippen LogP contribution in [-0.4, -0.2) is 30.9 Å². The molecule has 0 aliphatic carbocycles. The number of hydrogen-bond acceptors (Lipinski definition) is 5. The van der Waals surface area contributed by atoms with Gasteiger partial charge in [0.25, 0.3) is 0 Å². The largest absolute Gasteiger partial charge is 0.325 e. The smallest absolute Gasteiger partial charge is 0.237 e. The molecule has 0 aliphatic heterocycles. The molecule has 0 aliphatic rings. The first-order valence-corrected chi connectivity index (χ1v) is 8.56. The number of carbonyl (C=O) groups excluding carboxylic acids is 1. The summed E-state index contributed by atoms with van der Waals surface area (Å²) in [6.45, 7) is 1.70. The molecule has 26 heavy (non-hydrogen) atoms. The van der Waals surface area contributed by atoms with Crippen LogP contribution in [0.1, 0.15) is 6.92 Å². The minimum atomic E-state index is -1.02. The predicted molar refractivity (Wildman–Crippen MR) is 94.5 cm³/mol. The van der Waals surface area contributed by atoms with Gasteiger partial charge in [-0.25, -0.2) is 8.78 Å². The van der Waals surface area contributed by atoms with Crippen molar-refractivity contribution in [3.63, 3.8) is 0 Å². The minimum absolute atomic E-state index is 0.191. The highest BCUT2D eigenvalue weighted by molar-refractivity contribution is 8.00. The molecule has 6 nitrogen and oxygen atoms in total. The van der Waals surface area contributed by atoms with Gasteiger partial charge in [0.2, 0.25) is 5.91 Å². The lowest BCUT2D eigenvalue weighted by molar-refractivity contribution is -0.115. The van der Waals surface area contributed by atoms with Gasteiger partial charge in [0, 0.05) is 36.8 Å². The maximum absolute atomic E-state index is 13.2. The molecule has 3 rings (SSSR count). The van der Waals surface area contributed by atoms with Crippen molar-refractivity contribution in [3.05, 3.63) is 54.4 Å². The number of rotatable bonds is 5. The zero-order valence-corrected chi connectivity index (χ0v) is 14.8. The molecule has 0 spiro atoms. The number of hydrogen-bond donors (Lipinski definition) is 1. The van der Waals surface area contributed by atoms with E-state index < -0.39 is 16.9 Å². The van der Waals surface area contributed by atoms with Gasteiger partial charge in [-0.05, 0) is 31.2 Å². The van der Waals surface area contributed by atoms with Crippen LogP contribution in [0.3, 0.4) is 0 Å². The predicted octanol–water partition coefficient (Wildman–Crippen LogP) is 3.27. The molecule has 1 aromatic carbocycles. The van der Waals surface area contributed by atoms with Crippen LogP contribution in [0.5, 0.6) is 0 Å². The second-order valence-electron chi connectivity index (χ2n) is 5.48. The molecule has 2 aromatic heterocycles. The Morgan fingerprint density at radius 2 is 1.88 bits per heavy atom. The Morgan fingerprint density at radius 1 is 1.15 bits per heavy atom. The number of amides is 1. The number of nitrogens with one attached hydrogen (secondary N) is 1. The number of halogens is 2. The lowest BCUT2D eigenvalue weighted by Crippen LogP contribution is -2.23. The van der Waals surface area contributed by atoms with Gasteiger partial charge in [-0.15, -0.1) is 10.2 Å². The fourth-order valence-electron chi connectivity index (χ4n) is 2.20. The second-order valence-corrected chi connectivity index (χ2v) is 6.79. The Labute approximate surface area is 152 Å². The van der Waals surface area contributed by atoms with Crippen LogP contribution < -0.4 is 5.32 Å². The molecule has 1 atom stereocenters. The highest BCUT2D eigenvalue weighted by atomic mass is 32.2. The summed E-state index contributed by atoms with van der Waals surface area (Å²) < 4.78 is 28.0. The van der Waals surface area contributed by atoms with Gasteiger partial charge in [-0.1, -0.05) is 11.8 Å². The third-order valence-corrected chi connectivity index (χ3v) is 4.75. The van der Waals surface area contributed by atoms with Crippen LogP contribution in [0.15, 0.2) is 47.9 Å². The number of anilines is 1. The molecule has 1 amide bonds. The van der Waals surface area contributed by atoms with Gasteiger partial charge >= 0.3 is 0 Å². The van der Waals surface area contributed by atoms with Crippen LogP contribution in [0.4, 0.5) is 14.5 Å². The summed E-state index contributed by atoms with van der Waals surface area (Å²) in [6, 6.07) is 6.84. The summed E-state index contributed by atoms with van der Waals surface area (Å²) in [6.07, 6.45) is 3.32. The summed E-state index contributed by atoms with van der Waals surface area (Å²) in [5.74, 6) is -1.68. The molecule has 0 saturated heterocycles. The third kappa shape index (κ3) is 3.88. The Kier molecular flexibility index (Phi) is 5.27. The summed E-state index contributed by atoms with van der Waals surface area (Å²) in [5, 5.41) is 10.9. The van der Waals surface area contributed by atoms with E-state index >= 15 is 0 Å². The first-order valence-electron chi connectivity index (χ1n) is 7.68. The third-order valence-electron chi connectivity index (χ3n) is 3.61. The quantitative estimate of drug-likeness (QED) is 0.693. The molecule has 3 aromatic rings. The van der Waals surface area contributed by atoms with E-state index in [9.17, 15) is 13.6 Å². The van der Waals surface area contributed by atoms with Crippen LogP contribution in [0, 0.1) is 11.6 Å². The lowest BCUT2D eigenvalue weighted by Gasteiger charge is -2.12. The molecule has 0 unspecified atom stereocenters. The van der Waals surface area contributed by atoms with E-state index in [4.69, 9.17) is 0 Å². The highest BCUT2D eigenvalue weighted by Crippen LogP contribution is 2.26. The summed E-state index contributed by atoms with van der Waals surface area (Å²) >= 11 is 1.21. The molecule has 2 heterocycles. The molecule has 0 bridgehead atoms. The van der Waals surface area contributed by atoms with Crippen molar-refractivity contribution in [2.45, 2.75) is 17.3 Å². The molecule has 0 fully saturated rings. The summed E-state index contributed by atoms with van der Waals surface area (Å²) in [4.78, 5) is 16.3. The first-order chi connectivity index (χ1) is 12.5. The fourth-order valence-corrected chi connectivity index (χ4v) is 3.01. The number of carbonyl (C=O) groups is 1. The van der Waals surface area contributed by atoms with Crippen molar-refractivity contribution in [2.24, 2.45) is 7.05 Å². The Hall–Kier alpha value is -2.81. The van der Waals surface area contributed by atoms with E-state index in [1.807, 2.05) is 12.1 Å². The SMILES string of the molecule is C[C@H](Sc1nnc(-c2ccncc2)n1C)C(=O)Nc1ccc(F)c(F)c1. The Bertz CT molecular complexity index is 932. The molecule has 0 radical (unpaired) electrons. The van der Waals surface area contributed by atoms with E-state index in [0.29, 0.717) is 11.0 Å². The van der Waals surface area contributed by atoms with Gasteiger partial charge < -0.3 is 9.88 Å². The average Bonchev–Trinajstić information content (AvgIpc) is 2.99. The van der Waals surface area contributed by atoms with Gasteiger partial charge in [0.1, 0.15) is 0 Å². The molecule has 1 N–H and O–H groups in total. The standard InChI is InChI=1S/C17H15F2N5OS/c1-10(16(25)21-12-3-4-13(18)14(19)9-12)26-17-23-22-15(24(17)2)11-5-7-20-8-6-11/h3-10H,1-2H3,(H,21,25)/t10-/m0/s1. The van der Waals surface area contributed by atoms with Gasteiger partial charge in [0.05, 0.1) is 5.25 Å². The van der Waals surface area contributed by atoms with E-state index in [0.717, 1.165) is 17.7 Å². The molecule has 9 heteroatoms. The second kappa shape index (κ2) is 7.61. The molecule has 0 saturated carbocycles. The summed E-state index contributed by atoms with van der Waals surface area (Å²) in [7, 11) is 1.80. The minimum Gasteiger partial charge on any atom is -0.325 e. The number of pyridine rings is 1. The molecular weight excluding hydrogens is 360 g/mol. The number of nitrogens with zero attached hydrogens (tertiary/aromatic N) is 4. The zero-order chi connectivity index (χ0) is 18.7. The van der Waals surface area contributed by atoms with Gasteiger partial charge in [0.15, 0.2) is 22.6 Å². The van der Waals surface area contributed by atoms with Crippen molar-refractivity contribution in [3.8, 4) is 11.4 Å². The number of thioether (sulfide) groups is 1. The zero-order valence-electron chi connectivity index (χ0n) is 14.0. The van der Waals surface area contributed by atoms with E-state index in [-0.39, 0.29) is 11.6 Å². The van der Waals surface area contributed by atoms with Crippen LogP contribution in [0.2, 0.25) is 0 Å². The first kappa shape index (κ1) is 18.0. The Balaban J connectivity index is 1.69. The number of benzene rings is 1. The van der Waals surface area contributed by atoms with E-state index in [2.05, 4.69) is 20.5 Å². The molecule has 134 valence electrons. The maximum atomic E-state index is 13.2. The van der Waals surface area contributed by atoms with Crippen molar-refractivity contribution >= 4 is 23.4 Å². The van der Waals surface area contributed by atoms with Gasteiger partial charge in [-0.3, -0.25) is 9.78 Å². The lowest BCUT2D eigenvalue weighted by atomic mass is 10.2. The van der Waals surface area contributed by atoms with E-state index in [1.54, 1.807) is 30.9 Å². The monoisotopic (exact) mass is 375 g/mol. The molecular formula is C17H15F2N5OS. The Morgan fingerprint density at radius 3 is 2.58 bits per heavy atom. The van der Waals surface area contributed by atoms with Crippen molar-refractivity contribution in [1.29, 1.82) is 0 Å². The van der Waals surface area contributed by atoms with Gasteiger partial charge in [-0.2, -0.15) is 0 Å². The van der Waals surface area contributed by atoms with E-state index in [1.165, 1.54) is 17.8 Å². The fraction of sp³-hybridized carbons (Fsp3) is 0.176. The van der Waals surface area contributed by atoms with Crippen molar-refractivity contribution < 1.29 is 13.6 Å². The average molecular weight is 375 g/mol. The van der Waals surface area contributed by atoms with Crippen LogP contribution >= 0.6 is 11.8 Å². The normalized spacial score (nSPS) is 12.0.